The summed E-state index contributed by atoms with van der Waals surface area (Å²) in [5.41, 5.74) is 0. The molecule has 1 unspecified atom stereocenters. The van der Waals surface area contributed by atoms with Gasteiger partial charge in [0.2, 0.25) is 0 Å². The predicted octanol–water partition coefficient (Wildman–Crippen LogP) is 1.79. The van der Waals surface area contributed by atoms with Crippen LogP contribution in [0.25, 0.3) is 0 Å². The van der Waals surface area contributed by atoms with Crippen molar-refractivity contribution in [3.05, 3.63) is 0 Å². The summed E-state index contributed by atoms with van der Waals surface area (Å²) in [6.45, 7) is 5.79. The molecular weight excluding hydrogens is 203 g/mol. The van der Waals surface area contributed by atoms with E-state index in [1.54, 1.807) is 6.92 Å². The summed E-state index contributed by atoms with van der Waals surface area (Å²) in [5, 5.41) is 9.08. The molecule has 0 saturated heterocycles. The van der Waals surface area contributed by atoms with Crippen LogP contribution in [0, 0.1) is 5.92 Å². The Bertz CT molecular complexity index is 53.6. The summed E-state index contributed by atoms with van der Waals surface area (Å²) >= 11 is 2.02. The van der Waals surface area contributed by atoms with Gasteiger partial charge < -0.3 is 5.11 Å². The van der Waals surface area contributed by atoms with E-state index in [-0.39, 0.29) is 0 Å². The molecule has 0 bridgehead atoms. The Balaban J connectivity index is 3.54. The molecule has 0 rings (SSSR count). The highest BCUT2D eigenvalue weighted by Gasteiger charge is 2.18. The van der Waals surface area contributed by atoms with Gasteiger partial charge in [0, 0.05) is 0 Å². The van der Waals surface area contributed by atoms with Crippen LogP contribution in [0.2, 0.25) is 0 Å². The number of alkyl halides is 1. The first-order chi connectivity index (χ1) is 2.94. The van der Waals surface area contributed by atoms with Crippen LogP contribution in [0.1, 0.15) is 20.8 Å². The first-order valence-corrected chi connectivity index (χ1v) is 3.43. The summed E-state index contributed by atoms with van der Waals surface area (Å²) in [6, 6.07) is 0. The van der Waals surface area contributed by atoms with E-state index in [1.807, 2.05) is 36.4 Å². The Hall–Kier alpha value is 0.690. The molecule has 0 aliphatic carbocycles. The lowest BCUT2D eigenvalue weighted by molar-refractivity contribution is 0.126. The van der Waals surface area contributed by atoms with Crippen molar-refractivity contribution in [3.8, 4) is 0 Å². The summed E-state index contributed by atoms with van der Waals surface area (Å²) in [5.74, 6) is 0.341. The fourth-order valence-electron chi connectivity index (χ4n) is 0. The van der Waals surface area contributed by atoms with Gasteiger partial charge in [0.25, 0.3) is 0 Å². The lowest BCUT2D eigenvalue weighted by Gasteiger charge is -2.18. The lowest BCUT2D eigenvalue weighted by Crippen LogP contribution is -2.21. The van der Waals surface area contributed by atoms with Crippen molar-refractivity contribution in [1.29, 1.82) is 0 Å². The maximum Gasteiger partial charge on any atom is 0.115 e. The Morgan fingerprint density at radius 2 is 1.71 bits per heavy atom. The average Bonchev–Trinajstić information content (AvgIpc) is 1.31. The van der Waals surface area contributed by atoms with Crippen LogP contribution in [0.5, 0.6) is 0 Å². The zero-order chi connectivity index (χ0) is 6.08. The molecule has 0 aliphatic heterocycles. The van der Waals surface area contributed by atoms with Crippen molar-refractivity contribution in [2.45, 2.75) is 24.4 Å². The van der Waals surface area contributed by atoms with Gasteiger partial charge in [0.05, 0.1) is 0 Å². The molecule has 0 aromatic carbocycles. The van der Waals surface area contributed by atoms with Gasteiger partial charge >= 0.3 is 0 Å². The molecule has 0 saturated carbocycles. The van der Waals surface area contributed by atoms with E-state index in [4.69, 9.17) is 5.11 Å². The lowest BCUT2D eigenvalue weighted by atomic mass is 10.1. The predicted molar refractivity (Wildman–Crippen MR) is 39.5 cm³/mol. The van der Waals surface area contributed by atoms with E-state index in [1.165, 1.54) is 0 Å². The quantitative estimate of drug-likeness (QED) is 0.521. The van der Waals surface area contributed by atoms with Crippen LogP contribution in [-0.4, -0.2) is 8.71 Å². The van der Waals surface area contributed by atoms with Crippen LogP contribution in [-0.2, 0) is 0 Å². The summed E-state index contributed by atoms with van der Waals surface area (Å²) in [4.78, 5) is 0. The molecule has 0 fully saturated rings. The molecule has 44 valence electrons. The van der Waals surface area contributed by atoms with Crippen LogP contribution in [0.4, 0.5) is 0 Å². The SMILES string of the molecule is CC(C)C(C)(O)I. The monoisotopic (exact) mass is 214 g/mol. The Kier molecular flexibility index (Phi) is 2.53. The normalized spacial score (nSPS) is 19.7. The van der Waals surface area contributed by atoms with Crippen molar-refractivity contribution in [2.75, 3.05) is 0 Å². The number of hydrogen-bond donors (Lipinski definition) is 1. The highest BCUT2D eigenvalue weighted by atomic mass is 127. The molecule has 2 heteroatoms. The van der Waals surface area contributed by atoms with Gasteiger partial charge in [-0.1, -0.05) is 13.8 Å². The smallest absolute Gasteiger partial charge is 0.115 e. The number of aliphatic hydroxyl groups is 1. The molecule has 0 aromatic rings. The van der Waals surface area contributed by atoms with E-state index in [0.717, 1.165) is 0 Å². The molecule has 0 spiro atoms. The second-order valence-electron chi connectivity index (χ2n) is 2.18. The zero-order valence-corrected chi connectivity index (χ0v) is 7.06. The van der Waals surface area contributed by atoms with Crippen LogP contribution < -0.4 is 0 Å². The topological polar surface area (TPSA) is 20.2 Å². The largest absolute Gasteiger partial charge is 0.380 e. The second-order valence-corrected chi connectivity index (χ2v) is 4.36. The van der Waals surface area contributed by atoms with E-state index in [2.05, 4.69) is 0 Å². The highest BCUT2D eigenvalue weighted by Crippen LogP contribution is 2.22. The van der Waals surface area contributed by atoms with Crippen molar-refractivity contribution in [3.63, 3.8) is 0 Å². The molecule has 0 heterocycles. The Labute approximate surface area is 58.3 Å². The summed E-state index contributed by atoms with van der Waals surface area (Å²) in [6.07, 6.45) is 0. The molecule has 1 atom stereocenters. The fraction of sp³-hybridized carbons (Fsp3) is 1.00. The minimum atomic E-state index is -0.530. The Morgan fingerprint density at radius 3 is 1.71 bits per heavy atom. The van der Waals surface area contributed by atoms with Crippen molar-refractivity contribution in [2.24, 2.45) is 5.92 Å². The molecule has 7 heavy (non-hydrogen) atoms. The molecule has 0 amide bonds. The first-order valence-electron chi connectivity index (χ1n) is 2.36. The third-order valence-corrected chi connectivity index (χ3v) is 2.30. The van der Waals surface area contributed by atoms with E-state index in [0.29, 0.717) is 5.92 Å². The van der Waals surface area contributed by atoms with Gasteiger partial charge in [-0.15, -0.1) is 0 Å². The highest BCUT2D eigenvalue weighted by molar-refractivity contribution is 14.1. The van der Waals surface area contributed by atoms with Crippen LogP contribution in [0.3, 0.4) is 0 Å². The first kappa shape index (κ1) is 7.69. The second kappa shape index (κ2) is 2.31. The minimum Gasteiger partial charge on any atom is -0.380 e. The maximum absolute atomic E-state index is 9.08. The summed E-state index contributed by atoms with van der Waals surface area (Å²) < 4.78 is -0.530. The third kappa shape index (κ3) is 3.29. The molecule has 0 radical (unpaired) electrons. The molecular formula is C5H11IO. The van der Waals surface area contributed by atoms with Gasteiger partial charge in [0.15, 0.2) is 0 Å². The van der Waals surface area contributed by atoms with Crippen molar-refractivity contribution >= 4 is 22.6 Å². The van der Waals surface area contributed by atoms with Crippen LogP contribution >= 0.6 is 22.6 Å². The minimum absolute atomic E-state index is 0.341. The zero-order valence-electron chi connectivity index (χ0n) is 4.90. The molecule has 0 aromatic heterocycles. The number of hydrogen-bond acceptors (Lipinski definition) is 1. The molecule has 1 nitrogen and oxygen atoms in total. The van der Waals surface area contributed by atoms with Gasteiger partial charge in [0.1, 0.15) is 3.61 Å². The third-order valence-electron chi connectivity index (χ3n) is 1.05. The maximum atomic E-state index is 9.08. The summed E-state index contributed by atoms with van der Waals surface area (Å²) in [7, 11) is 0. The molecule has 0 aliphatic rings. The van der Waals surface area contributed by atoms with Crippen molar-refractivity contribution < 1.29 is 5.11 Å². The van der Waals surface area contributed by atoms with E-state index >= 15 is 0 Å². The van der Waals surface area contributed by atoms with Gasteiger partial charge in [-0.05, 0) is 35.4 Å². The van der Waals surface area contributed by atoms with E-state index < -0.39 is 3.61 Å². The Morgan fingerprint density at radius 1 is 1.57 bits per heavy atom. The number of rotatable bonds is 1. The van der Waals surface area contributed by atoms with Gasteiger partial charge in [-0.2, -0.15) is 0 Å². The van der Waals surface area contributed by atoms with Gasteiger partial charge in [-0.25, -0.2) is 0 Å². The van der Waals surface area contributed by atoms with Crippen molar-refractivity contribution in [1.82, 2.24) is 0 Å². The van der Waals surface area contributed by atoms with Gasteiger partial charge in [-0.3, -0.25) is 0 Å². The molecule has 1 N–H and O–H groups in total. The average molecular weight is 214 g/mol. The number of halogens is 1. The van der Waals surface area contributed by atoms with E-state index in [9.17, 15) is 0 Å². The standard InChI is InChI=1S/C5H11IO/c1-4(2)5(3,6)7/h4,7H,1-3H3. The van der Waals surface area contributed by atoms with Crippen LogP contribution in [0.15, 0.2) is 0 Å². The fourth-order valence-corrected chi connectivity index (χ4v) is 0.